The van der Waals surface area contributed by atoms with Crippen molar-refractivity contribution in [1.82, 2.24) is 15.1 Å². The molecule has 6 heteroatoms. The summed E-state index contributed by atoms with van der Waals surface area (Å²) in [5, 5.41) is 10.5. The standard InChI is InChI=1S/C16H19FN4O/c1-11-9-12(17)4-5-14(11)19-16(22)15-6-8-21(20-15)13-3-2-7-18-10-13/h4-6,8-9,13,18H,2-3,7,10H2,1H3,(H,19,22). The Morgan fingerprint density at radius 3 is 3.05 bits per heavy atom. The third-order valence-corrected chi connectivity index (χ3v) is 3.92. The summed E-state index contributed by atoms with van der Waals surface area (Å²) in [4.78, 5) is 12.3. The van der Waals surface area contributed by atoms with E-state index < -0.39 is 0 Å². The van der Waals surface area contributed by atoms with Crippen LogP contribution in [0.4, 0.5) is 10.1 Å². The van der Waals surface area contributed by atoms with Gasteiger partial charge in [0.05, 0.1) is 6.04 Å². The monoisotopic (exact) mass is 302 g/mol. The smallest absolute Gasteiger partial charge is 0.276 e. The second kappa shape index (κ2) is 6.27. The van der Waals surface area contributed by atoms with Crippen molar-refractivity contribution in [3.63, 3.8) is 0 Å². The summed E-state index contributed by atoms with van der Waals surface area (Å²) >= 11 is 0. The first-order valence-electron chi connectivity index (χ1n) is 7.47. The van der Waals surface area contributed by atoms with Crippen LogP contribution in [-0.2, 0) is 0 Å². The number of halogens is 1. The Kier molecular flexibility index (Phi) is 4.20. The fourth-order valence-electron chi connectivity index (χ4n) is 2.68. The van der Waals surface area contributed by atoms with E-state index in [1.165, 1.54) is 12.1 Å². The van der Waals surface area contributed by atoms with Crippen LogP contribution >= 0.6 is 0 Å². The minimum Gasteiger partial charge on any atom is -0.320 e. The Hall–Kier alpha value is -2.21. The largest absolute Gasteiger partial charge is 0.320 e. The molecule has 2 aromatic rings. The number of nitrogens with zero attached hydrogens (tertiary/aromatic N) is 2. The predicted molar refractivity (Wildman–Crippen MR) is 82.5 cm³/mol. The molecule has 1 amide bonds. The third-order valence-electron chi connectivity index (χ3n) is 3.92. The van der Waals surface area contributed by atoms with Crippen LogP contribution in [0.3, 0.4) is 0 Å². The van der Waals surface area contributed by atoms with Crippen LogP contribution in [0.5, 0.6) is 0 Å². The highest BCUT2D eigenvalue weighted by molar-refractivity contribution is 6.03. The van der Waals surface area contributed by atoms with Gasteiger partial charge in [-0.25, -0.2) is 4.39 Å². The molecular weight excluding hydrogens is 283 g/mol. The molecule has 22 heavy (non-hydrogen) atoms. The zero-order valence-electron chi connectivity index (χ0n) is 12.5. The number of carbonyl (C=O) groups excluding carboxylic acids is 1. The van der Waals surface area contributed by atoms with Gasteiger partial charge in [0.1, 0.15) is 5.82 Å². The van der Waals surface area contributed by atoms with Crippen LogP contribution in [0.25, 0.3) is 0 Å². The fourth-order valence-corrected chi connectivity index (χ4v) is 2.68. The highest BCUT2D eigenvalue weighted by atomic mass is 19.1. The van der Waals surface area contributed by atoms with Crippen molar-refractivity contribution < 1.29 is 9.18 Å². The first-order valence-corrected chi connectivity index (χ1v) is 7.47. The molecule has 0 saturated carbocycles. The van der Waals surface area contributed by atoms with Gasteiger partial charge in [-0.1, -0.05) is 0 Å². The summed E-state index contributed by atoms with van der Waals surface area (Å²) < 4.78 is 14.9. The van der Waals surface area contributed by atoms with E-state index in [1.54, 1.807) is 19.1 Å². The molecule has 1 aliphatic heterocycles. The minimum absolute atomic E-state index is 0.280. The van der Waals surface area contributed by atoms with Crippen LogP contribution in [0.2, 0.25) is 0 Å². The number of benzene rings is 1. The highest BCUT2D eigenvalue weighted by Gasteiger charge is 2.18. The van der Waals surface area contributed by atoms with Crippen LogP contribution < -0.4 is 10.6 Å². The van der Waals surface area contributed by atoms with E-state index in [1.807, 2.05) is 10.9 Å². The summed E-state index contributed by atoms with van der Waals surface area (Å²) in [5.74, 6) is -0.596. The molecule has 1 saturated heterocycles. The predicted octanol–water partition coefficient (Wildman–Crippen LogP) is 2.51. The Labute approximate surface area is 128 Å². The van der Waals surface area contributed by atoms with Crippen LogP contribution in [-0.4, -0.2) is 28.8 Å². The molecule has 1 aromatic heterocycles. The molecule has 0 radical (unpaired) electrons. The minimum atomic E-state index is -0.315. The summed E-state index contributed by atoms with van der Waals surface area (Å²) in [7, 11) is 0. The number of aryl methyl sites for hydroxylation is 1. The molecule has 1 unspecified atom stereocenters. The Balaban J connectivity index is 1.71. The highest BCUT2D eigenvalue weighted by Crippen LogP contribution is 2.18. The van der Waals surface area contributed by atoms with E-state index in [0.29, 0.717) is 23.0 Å². The number of hydrogen-bond acceptors (Lipinski definition) is 3. The average Bonchev–Trinajstić information content (AvgIpc) is 3.01. The molecule has 0 bridgehead atoms. The zero-order valence-corrected chi connectivity index (χ0v) is 12.5. The number of nitrogens with one attached hydrogen (secondary N) is 2. The maximum Gasteiger partial charge on any atom is 0.276 e. The van der Waals surface area contributed by atoms with Crippen molar-refractivity contribution in [1.29, 1.82) is 0 Å². The molecule has 1 aliphatic rings. The van der Waals surface area contributed by atoms with Crippen molar-refractivity contribution in [2.45, 2.75) is 25.8 Å². The summed E-state index contributed by atoms with van der Waals surface area (Å²) in [6, 6.07) is 6.28. The topological polar surface area (TPSA) is 59.0 Å². The zero-order chi connectivity index (χ0) is 15.5. The van der Waals surface area contributed by atoms with Gasteiger partial charge in [0.2, 0.25) is 0 Å². The van der Waals surface area contributed by atoms with Gasteiger partial charge in [0.25, 0.3) is 5.91 Å². The lowest BCUT2D eigenvalue weighted by Crippen LogP contribution is -2.32. The van der Waals surface area contributed by atoms with E-state index in [0.717, 1.165) is 25.9 Å². The van der Waals surface area contributed by atoms with Crippen molar-refractivity contribution in [2.24, 2.45) is 0 Å². The number of piperidine rings is 1. The number of rotatable bonds is 3. The molecule has 2 heterocycles. The normalized spacial score (nSPS) is 18.2. The Morgan fingerprint density at radius 2 is 2.32 bits per heavy atom. The van der Waals surface area contributed by atoms with E-state index in [-0.39, 0.29) is 11.7 Å². The molecule has 3 rings (SSSR count). The van der Waals surface area contributed by atoms with E-state index in [9.17, 15) is 9.18 Å². The second-order valence-electron chi connectivity index (χ2n) is 5.59. The van der Waals surface area contributed by atoms with Crippen LogP contribution in [0, 0.1) is 12.7 Å². The van der Waals surface area contributed by atoms with Gasteiger partial charge in [0.15, 0.2) is 5.69 Å². The maximum atomic E-state index is 13.1. The third kappa shape index (κ3) is 3.17. The van der Waals surface area contributed by atoms with Crippen LogP contribution in [0.15, 0.2) is 30.5 Å². The number of carbonyl (C=O) groups is 1. The molecule has 1 fully saturated rings. The molecule has 0 aliphatic carbocycles. The molecule has 116 valence electrons. The molecular formula is C16H19FN4O. The molecule has 2 N–H and O–H groups in total. The van der Waals surface area contributed by atoms with Gasteiger partial charge in [-0.2, -0.15) is 5.10 Å². The quantitative estimate of drug-likeness (QED) is 0.916. The van der Waals surface area contributed by atoms with Gasteiger partial charge >= 0.3 is 0 Å². The maximum absolute atomic E-state index is 13.1. The van der Waals surface area contributed by atoms with E-state index >= 15 is 0 Å². The lowest BCUT2D eigenvalue weighted by atomic mass is 10.1. The molecule has 0 spiro atoms. The number of aromatic nitrogens is 2. The van der Waals surface area contributed by atoms with Crippen molar-refractivity contribution >= 4 is 11.6 Å². The number of anilines is 1. The second-order valence-corrected chi connectivity index (χ2v) is 5.59. The summed E-state index contributed by atoms with van der Waals surface area (Å²) in [6.45, 7) is 3.67. The molecule has 1 aromatic carbocycles. The lowest BCUT2D eigenvalue weighted by Gasteiger charge is -2.22. The van der Waals surface area contributed by atoms with Gasteiger partial charge < -0.3 is 10.6 Å². The SMILES string of the molecule is Cc1cc(F)ccc1NC(=O)c1ccn(C2CCCNC2)n1. The van der Waals surface area contributed by atoms with Crippen molar-refractivity contribution in [3.8, 4) is 0 Å². The summed E-state index contributed by atoms with van der Waals surface area (Å²) in [6.07, 6.45) is 4.01. The van der Waals surface area contributed by atoms with Gasteiger partial charge in [0, 0.05) is 18.4 Å². The van der Waals surface area contributed by atoms with Crippen molar-refractivity contribution in [3.05, 3.63) is 47.5 Å². The molecule has 1 atom stereocenters. The number of hydrogen-bond donors (Lipinski definition) is 2. The molecule has 5 nitrogen and oxygen atoms in total. The van der Waals surface area contributed by atoms with Gasteiger partial charge in [-0.05, 0) is 56.1 Å². The van der Waals surface area contributed by atoms with E-state index in [2.05, 4.69) is 15.7 Å². The first-order chi connectivity index (χ1) is 10.6. The van der Waals surface area contributed by atoms with E-state index in [4.69, 9.17) is 0 Å². The first kappa shape index (κ1) is 14.7. The van der Waals surface area contributed by atoms with Crippen molar-refractivity contribution in [2.75, 3.05) is 18.4 Å². The average molecular weight is 302 g/mol. The lowest BCUT2D eigenvalue weighted by molar-refractivity contribution is 0.102. The Morgan fingerprint density at radius 1 is 1.45 bits per heavy atom. The van der Waals surface area contributed by atoms with Crippen LogP contribution in [0.1, 0.15) is 34.9 Å². The van der Waals surface area contributed by atoms with Gasteiger partial charge in [-0.3, -0.25) is 9.48 Å². The Bertz CT molecular complexity index is 677. The fraction of sp³-hybridized carbons (Fsp3) is 0.375. The van der Waals surface area contributed by atoms with Gasteiger partial charge in [-0.15, -0.1) is 0 Å². The number of amides is 1. The summed E-state index contributed by atoms with van der Waals surface area (Å²) in [5.41, 5.74) is 1.65.